The van der Waals surface area contributed by atoms with Crippen LogP contribution in [0.15, 0.2) is 39.6 Å². The van der Waals surface area contributed by atoms with Crippen molar-refractivity contribution in [3.63, 3.8) is 0 Å². The molecule has 5 heteroatoms. The van der Waals surface area contributed by atoms with Gasteiger partial charge in [-0.25, -0.2) is 0 Å². The Morgan fingerprint density at radius 3 is 2.74 bits per heavy atom. The number of nitrogens with zero attached hydrogens (tertiary/aromatic N) is 2. The van der Waals surface area contributed by atoms with Crippen molar-refractivity contribution in [2.45, 2.75) is 38.8 Å². The molecule has 3 rings (SSSR count). The summed E-state index contributed by atoms with van der Waals surface area (Å²) < 4.78 is 10.9. The van der Waals surface area contributed by atoms with Crippen molar-refractivity contribution in [3.05, 3.63) is 47.8 Å². The second-order valence-electron chi connectivity index (χ2n) is 6.27. The average Bonchev–Trinajstić information content (AvgIpc) is 3.26. The fourth-order valence-electron chi connectivity index (χ4n) is 3.09. The molecule has 23 heavy (non-hydrogen) atoms. The van der Waals surface area contributed by atoms with Gasteiger partial charge in [0, 0.05) is 19.2 Å². The minimum Gasteiger partial charge on any atom is -0.472 e. The highest BCUT2D eigenvalue weighted by atomic mass is 16.4. The fraction of sp³-hybridized carbons (Fsp3) is 0.500. The summed E-state index contributed by atoms with van der Waals surface area (Å²) in [5, 5.41) is 0. The molecule has 5 nitrogen and oxygen atoms in total. The Morgan fingerprint density at radius 2 is 2.04 bits per heavy atom. The predicted molar refractivity (Wildman–Crippen MR) is 87.1 cm³/mol. The van der Waals surface area contributed by atoms with Crippen molar-refractivity contribution in [3.8, 4) is 0 Å². The van der Waals surface area contributed by atoms with Crippen LogP contribution in [0, 0.1) is 0 Å². The van der Waals surface area contributed by atoms with E-state index in [0.29, 0.717) is 12.3 Å². The number of rotatable bonds is 5. The van der Waals surface area contributed by atoms with Gasteiger partial charge in [0.1, 0.15) is 5.76 Å². The van der Waals surface area contributed by atoms with Gasteiger partial charge in [0.25, 0.3) is 5.91 Å². The van der Waals surface area contributed by atoms with Crippen molar-refractivity contribution in [2.75, 3.05) is 20.1 Å². The third-order valence-electron chi connectivity index (χ3n) is 4.53. The van der Waals surface area contributed by atoms with Crippen molar-refractivity contribution in [1.82, 2.24) is 9.80 Å². The van der Waals surface area contributed by atoms with Gasteiger partial charge in [-0.3, -0.25) is 9.69 Å². The number of likely N-dealkylation sites (tertiary alicyclic amines) is 1. The lowest BCUT2D eigenvalue weighted by Crippen LogP contribution is -2.32. The van der Waals surface area contributed by atoms with E-state index in [9.17, 15) is 4.79 Å². The Bertz CT molecular complexity index is 626. The van der Waals surface area contributed by atoms with Gasteiger partial charge in [-0.05, 0) is 51.1 Å². The van der Waals surface area contributed by atoms with E-state index in [2.05, 4.69) is 11.8 Å². The first kappa shape index (κ1) is 15.9. The molecule has 0 N–H and O–H groups in total. The smallest absolute Gasteiger partial charge is 0.289 e. The van der Waals surface area contributed by atoms with E-state index in [-0.39, 0.29) is 11.9 Å². The lowest BCUT2D eigenvalue weighted by Gasteiger charge is -2.31. The molecule has 2 aromatic heterocycles. The number of carbonyl (C=O) groups is 1. The molecule has 0 bridgehead atoms. The second kappa shape index (κ2) is 7.04. The van der Waals surface area contributed by atoms with Crippen LogP contribution in [0.3, 0.4) is 0 Å². The summed E-state index contributed by atoms with van der Waals surface area (Å²) >= 11 is 0. The molecule has 1 unspecified atom stereocenters. The Hall–Kier alpha value is -2.01. The van der Waals surface area contributed by atoms with Crippen molar-refractivity contribution >= 4 is 5.91 Å². The zero-order chi connectivity index (χ0) is 16.2. The van der Waals surface area contributed by atoms with E-state index >= 15 is 0 Å². The summed E-state index contributed by atoms with van der Waals surface area (Å²) in [5.74, 6) is 1.16. The van der Waals surface area contributed by atoms with Gasteiger partial charge < -0.3 is 13.7 Å². The molecule has 0 saturated carbocycles. The van der Waals surface area contributed by atoms with Gasteiger partial charge in [-0.2, -0.15) is 0 Å². The summed E-state index contributed by atoms with van der Waals surface area (Å²) in [6, 6.07) is 5.79. The van der Waals surface area contributed by atoms with Gasteiger partial charge in [0.2, 0.25) is 0 Å². The van der Waals surface area contributed by atoms with Crippen LogP contribution in [0.2, 0.25) is 0 Å². The molecular weight excluding hydrogens is 292 g/mol. The molecule has 0 spiro atoms. The SMILES string of the molecule is CC(c1ccc(C(=O)N(C)Cc2ccoc2)o1)N1CCCCC1. The maximum Gasteiger partial charge on any atom is 0.289 e. The first-order chi connectivity index (χ1) is 11.1. The third-order valence-corrected chi connectivity index (χ3v) is 4.53. The van der Waals surface area contributed by atoms with Crippen LogP contribution in [-0.4, -0.2) is 35.8 Å². The molecule has 124 valence electrons. The van der Waals surface area contributed by atoms with E-state index in [1.165, 1.54) is 19.3 Å². The average molecular weight is 316 g/mol. The van der Waals surface area contributed by atoms with Gasteiger partial charge in [-0.1, -0.05) is 6.42 Å². The Morgan fingerprint density at radius 1 is 1.26 bits per heavy atom. The van der Waals surface area contributed by atoms with E-state index in [1.54, 1.807) is 30.5 Å². The lowest BCUT2D eigenvalue weighted by molar-refractivity contribution is 0.0745. The monoisotopic (exact) mass is 316 g/mol. The summed E-state index contributed by atoms with van der Waals surface area (Å²) in [5.41, 5.74) is 0.967. The van der Waals surface area contributed by atoms with E-state index in [1.807, 2.05) is 12.1 Å². The van der Waals surface area contributed by atoms with Crippen molar-refractivity contribution < 1.29 is 13.6 Å². The van der Waals surface area contributed by atoms with Crippen LogP contribution in [0.5, 0.6) is 0 Å². The van der Waals surface area contributed by atoms with E-state index < -0.39 is 0 Å². The normalized spacial score (nSPS) is 17.1. The van der Waals surface area contributed by atoms with Crippen LogP contribution in [0.1, 0.15) is 54.1 Å². The molecule has 1 aliphatic rings. The third kappa shape index (κ3) is 3.67. The van der Waals surface area contributed by atoms with Crippen molar-refractivity contribution in [1.29, 1.82) is 0 Å². The zero-order valence-corrected chi connectivity index (χ0v) is 13.8. The van der Waals surface area contributed by atoms with Crippen LogP contribution < -0.4 is 0 Å². The molecule has 1 fully saturated rings. The molecule has 1 amide bonds. The fourth-order valence-corrected chi connectivity index (χ4v) is 3.09. The topological polar surface area (TPSA) is 49.8 Å². The van der Waals surface area contributed by atoms with Crippen LogP contribution in [-0.2, 0) is 6.54 Å². The second-order valence-corrected chi connectivity index (χ2v) is 6.27. The molecular formula is C18H24N2O3. The highest BCUT2D eigenvalue weighted by Gasteiger charge is 2.23. The van der Waals surface area contributed by atoms with Gasteiger partial charge in [0.05, 0.1) is 18.6 Å². The Labute approximate surface area is 136 Å². The standard InChI is InChI=1S/C18H24N2O3/c1-14(20-9-4-3-5-10-20)16-6-7-17(23-16)18(21)19(2)12-15-8-11-22-13-15/h6-8,11,13-14H,3-5,9-10,12H2,1-2H3. The van der Waals surface area contributed by atoms with E-state index in [4.69, 9.17) is 8.83 Å². The highest BCUT2D eigenvalue weighted by Crippen LogP contribution is 2.26. The molecule has 1 atom stereocenters. The number of furan rings is 2. The highest BCUT2D eigenvalue weighted by molar-refractivity contribution is 5.91. The summed E-state index contributed by atoms with van der Waals surface area (Å²) in [6.45, 7) is 4.86. The van der Waals surface area contributed by atoms with Gasteiger partial charge in [0.15, 0.2) is 5.76 Å². The molecule has 2 aromatic rings. The minimum atomic E-state index is -0.108. The van der Waals surface area contributed by atoms with Crippen LogP contribution in [0.25, 0.3) is 0 Å². The first-order valence-corrected chi connectivity index (χ1v) is 8.25. The number of carbonyl (C=O) groups excluding carboxylic acids is 1. The minimum absolute atomic E-state index is 0.108. The number of piperidine rings is 1. The van der Waals surface area contributed by atoms with Crippen LogP contribution in [0.4, 0.5) is 0 Å². The van der Waals surface area contributed by atoms with E-state index in [0.717, 1.165) is 24.4 Å². The maximum absolute atomic E-state index is 12.5. The lowest BCUT2D eigenvalue weighted by atomic mass is 10.1. The van der Waals surface area contributed by atoms with Gasteiger partial charge >= 0.3 is 0 Å². The number of hydrogen-bond acceptors (Lipinski definition) is 4. The maximum atomic E-state index is 12.5. The first-order valence-electron chi connectivity index (χ1n) is 8.25. The summed E-state index contributed by atoms with van der Waals surface area (Å²) in [6.07, 6.45) is 7.05. The Balaban J connectivity index is 1.64. The van der Waals surface area contributed by atoms with Crippen LogP contribution >= 0.6 is 0 Å². The summed E-state index contributed by atoms with van der Waals surface area (Å²) in [7, 11) is 1.77. The molecule has 1 saturated heterocycles. The molecule has 3 heterocycles. The molecule has 0 aromatic carbocycles. The number of hydrogen-bond donors (Lipinski definition) is 0. The molecule has 1 aliphatic heterocycles. The molecule has 0 radical (unpaired) electrons. The van der Waals surface area contributed by atoms with Gasteiger partial charge in [-0.15, -0.1) is 0 Å². The van der Waals surface area contributed by atoms with Crippen molar-refractivity contribution in [2.24, 2.45) is 0 Å². The molecule has 0 aliphatic carbocycles. The largest absolute Gasteiger partial charge is 0.472 e. The zero-order valence-electron chi connectivity index (χ0n) is 13.8. The summed E-state index contributed by atoms with van der Waals surface area (Å²) in [4.78, 5) is 16.5. The number of amides is 1. The quantitative estimate of drug-likeness (QED) is 0.844. The predicted octanol–water partition coefficient (Wildman–Crippen LogP) is 3.69. The Kier molecular flexibility index (Phi) is 4.86.